The van der Waals surface area contributed by atoms with E-state index in [1.807, 2.05) is 46.2 Å². The third-order valence-corrected chi connectivity index (χ3v) is 9.34. The zero-order chi connectivity index (χ0) is 30.3. The van der Waals surface area contributed by atoms with Gasteiger partial charge in [0.15, 0.2) is 9.84 Å². The average molecular weight is 614 g/mol. The van der Waals surface area contributed by atoms with Crippen molar-refractivity contribution in [1.82, 2.24) is 20.3 Å². The van der Waals surface area contributed by atoms with Gasteiger partial charge in [0.2, 0.25) is 5.95 Å². The third kappa shape index (κ3) is 9.13. The molecule has 0 atom stereocenters. The highest BCUT2D eigenvalue weighted by molar-refractivity contribution is 7.90. The largest absolute Gasteiger partial charge is 0.444 e. The van der Waals surface area contributed by atoms with Crippen LogP contribution in [0.5, 0.6) is 0 Å². The van der Waals surface area contributed by atoms with Crippen LogP contribution in [0.15, 0.2) is 53.8 Å². The number of benzene rings is 1. The van der Waals surface area contributed by atoms with E-state index in [0.717, 1.165) is 55.3 Å². The minimum Gasteiger partial charge on any atom is -0.444 e. The highest BCUT2D eigenvalue weighted by Gasteiger charge is 2.25. The molecular weight excluding hydrogens is 574 g/mol. The lowest BCUT2D eigenvalue weighted by atomic mass is 9.91. The number of hydrogen-bond acceptors (Lipinski definition) is 8. The van der Waals surface area contributed by atoms with Gasteiger partial charge in [-0.25, -0.2) is 23.2 Å². The summed E-state index contributed by atoms with van der Waals surface area (Å²) in [5.41, 5.74) is 3.10. The van der Waals surface area contributed by atoms with Gasteiger partial charge in [0.25, 0.3) is 0 Å². The fourth-order valence-electron chi connectivity index (χ4n) is 5.05. The van der Waals surface area contributed by atoms with Crippen LogP contribution in [-0.2, 0) is 39.6 Å². The molecule has 0 aliphatic heterocycles. The molecule has 2 heterocycles. The fourth-order valence-corrected chi connectivity index (χ4v) is 6.94. The van der Waals surface area contributed by atoms with Crippen molar-refractivity contribution in [2.45, 2.75) is 101 Å². The van der Waals surface area contributed by atoms with Gasteiger partial charge in [0.1, 0.15) is 5.60 Å². The van der Waals surface area contributed by atoms with Crippen molar-refractivity contribution in [2.75, 3.05) is 5.32 Å². The monoisotopic (exact) mass is 613 g/mol. The van der Waals surface area contributed by atoms with Crippen LogP contribution in [0, 0.1) is 0 Å². The highest BCUT2D eigenvalue weighted by Crippen LogP contribution is 2.25. The van der Waals surface area contributed by atoms with Crippen LogP contribution in [0.25, 0.3) is 0 Å². The normalized spacial score (nSPS) is 17.5. The van der Waals surface area contributed by atoms with Crippen molar-refractivity contribution in [3.63, 3.8) is 0 Å². The summed E-state index contributed by atoms with van der Waals surface area (Å²) < 4.78 is 31.2. The molecule has 2 aromatic heterocycles. The second-order valence-corrected chi connectivity index (χ2v) is 14.1. The van der Waals surface area contributed by atoms with Gasteiger partial charge in [-0.2, -0.15) is 0 Å². The number of ether oxygens (including phenoxy) is 1. The Bertz CT molecular complexity index is 1470. The highest BCUT2D eigenvalue weighted by atomic mass is 35.5. The first-order valence-electron chi connectivity index (χ1n) is 14.4. The number of rotatable bonds is 10. The molecule has 226 valence electrons. The van der Waals surface area contributed by atoms with Gasteiger partial charge in [0.05, 0.1) is 15.7 Å². The van der Waals surface area contributed by atoms with Gasteiger partial charge in [-0.3, -0.25) is 4.98 Å². The Balaban J connectivity index is 1.27. The van der Waals surface area contributed by atoms with Gasteiger partial charge in [-0.1, -0.05) is 36.7 Å². The molecule has 3 aromatic rings. The van der Waals surface area contributed by atoms with E-state index in [-0.39, 0.29) is 33.8 Å². The number of pyridine rings is 1. The Labute approximate surface area is 253 Å². The lowest BCUT2D eigenvalue weighted by Gasteiger charge is -2.30. The molecule has 4 rings (SSSR count). The summed E-state index contributed by atoms with van der Waals surface area (Å²) in [5, 5.41) is 6.61. The number of alkyl carbamates (subject to hydrolysis) is 1. The summed E-state index contributed by atoms with van der Waals surface area (Å²) in [5.74, 6) is 0.445. The van der Waals surface area contributed by atoms with E-state index >= 15 is 0 Å². The molecule has 1 amide bonds. The number of amides is 1. The fraction of sp³-hybridized carbons (Fsp3) is 0.484. The van der Waals surface area contributed by atoms with E-state index in [9.17, 15) is 13.2 Å². The van der Waals surface area contributed by atoms with Crippen molar-refractivity contribution >= 4 is 33.5 Å². The number of nitrogens with one attached hydrogen (secondary N) is 2. The minimum atomic E-state index is -3.58. The van der Waals surface area contributed by atoms with Crippen molar-refractivity contribution in [3.8, 4) is 0 Å². The van der Waals surface area contributed by atoms with E-state index in [2.05, 4.69) is 25.6 Å². The molecule has 2 N–H and O–H groups in total. The van der Waals surface area contributed by atoms with E-state index in [4.69, 9.17) is 16.3 Å². The van der Waals surface area contributed by atoms with Gasteiger partial charge in [-0.05, 0) is 94.5 Å². The summed E-state index contributed by atoms with van der Waals surface area (Å²) in [6, 6.07) is 8.79. The molecule has 0 saturated heterocycles. The molecule has 9 nitrogen and oxygen atoms in total. The minimum absolute atomic E-state index is 0.114. The Morgan fingerprint density at radius 2 is 1.62 bits per heavy atom. The summed E-state index contributed by atoms with van der Waals surface area (Å²) >= 11 is 6.13. The molecule has 11 heteroatoms. The molecule has 1 aromatic carbocycles. The molecule has 1 fully saturated rings. The Kier molecular flexibility index (Phi) is 10.4. The lowest BCUT2D eigenvalue weighted by Crippen LogP contribution is -2.42. The number of carbonyl (C=O) groups excluding carboxylic acids is 1. The van der Waals surface area contributed by atoms with Crippen LogP contribution < -0.4 is 10.6 Å². The molecule has 0 unspecified atom stereocenters. The molecule has 0 bridgehead atoms. The predicted octanol–water partition coefficient (Wildman–Crippen LogP) is 6.09. The summed E-state index contributed by atoms with van der Waals surface area (Å²) in [7, 11) is -3.58. The van der Waals surface area contributed by atoms with E-state index < -0.39 is 15.4 Å². The Morgan fingerprint density at radius 3 is 2.26 bits per heavy atom. The third-order valence-electron chi connectivity index (χ3n) is 7.16. The molecule has 42 heavy (non-hydrogen) atoms. The zero-order valence-electron chi connectivity index (χ0n) is 24.7. The molecule has 1 aliphatic rings. The van der Waals surface area contributed by atoms with E-state index in [1.165, 1.54) is 6.07 Å². The topological polar surface area (TPSA) is 123 Å². The molecule has 0 radical (unpaired) electrons. The van der Waals surface area contributed by atoms with Crippen molar-refractivity contribution in [1.29, 1.82) is 0 Å². The zero-order valence-corrected chi connectivity index (χ0v) is 26.3. The van der Waals surface area contributed by atoms with Gasteiger partial charge >= 0.3 is 6.09 Å². The number of carbonyl (C=O) groups is 1. The van der Waals surface area contributed by atoms with Gasteiger partial charge < -0.3 is 15.4 Å². The van der Waals surface area contributed by atoms with E-state index in [1.54, 1.807) is 24.4 Å². The van der Waals surface area contributed by atoms with E-state index in [0.29, 0.717) is 17.9 Å². The standard InChI is InChI=1S/C31H40ClN5O4S/c1-5-23-16-22(20-42(39,40)28-9-7-6-8-26(28)32)19-33-27(23)15-10-21-17-34-29(35-18-21)36-24-11-13-25(14-12-24)37-30(38)41-31(2,3)4/h6-9,16-19,24-25H,5,10-15,20H2,1-4H3,(H,37,38)(H,34,35,36). The molecule has 1 saturated carbocycles. The first kappa shape index (κ1) is 31.7. The van der Waals surface area contributed by atoms with Gasteiger partial charge in [0, 0.05) is 36.4 Å². The van der Waals surface area contributed by atoms with Crippen molar-refractivity contribution in [3.05, 3.63) is 76.3 Å². The number of aryl methyl sites for hydroxylation is 3. The van der Waals surface area contributed by atoms with Crippen LogP contribution in [0.3, 0.4) is 0 Å². The maximum Gasteiger partial charge on any atom is 0.407 e. The first-order chi connectivity index (χ1) is 19.9. The van der Waals surface area contributed by atoms with Crippen LogP contribution in [-0.4, -0.2) is 47.1 Å². The second kappa shape index (κ2) is 13.8. The quantitative estimate of drug-likeness (QED) is 0.281. The maximum atomic E-state index is 12.9. The average Bonchev–Trinajstić information content (AvgIpc) is 2.93. The number of nitrogens with zero attached hydrogens (tertiary/aromatic N) is 3. The number of sulfone groups is 1. The summed E-state index contributed by atoms with van der Waals surface area (Å²) in [6.45, 7) is 7.61. The molecule has 0 spiro atoms. The number of hydrogen-bond donors (Lipinski definition) is 2. The number of anilines is 1. The van der Waals surface area contributed by atoms with Crippen LogP contribution in [0.1, 0.15) is 75.8 Å². The predicted molar refractivity (Wildman–Crippen MR) is 164 cm³/mol. The van der Waals surface area contributed by atoms with Crippen LogP contribution >= 0.6 is 11.6 Å². The molecule has 1 aliphatic carbocycles. The summed E-state index contributed by atoms with van der Waals surface area (Å²) in [4.78, 5) is 25.8. The Hall–Kier alpha value is -3.24. The van der Waals surface area contributed by atoms with Crippen molar-refractivity contribution < 1.29 is 17.9 Å². The smallest absolute Gasteiger partial charge is 0.407 e. The summed E-state index contributed by atoms with van der Waals surface area (Å²) in [6.07, 6.45) is 10.7. The Morgan fingerprint density at radius 1 is 0.976 bits per heavy atom. The van der Waals surface area contributed by atoms with Crippen LogP contribution in [0.4, 0.5) is 10.7 Å². The van der Waals surface area contributed by atoms with Gasteiger partial charge in [-0.15, -0.1) is 0 Å². The number of aromatic nitrogens is 3. The second-order valence-electron chi connectivity index (χ2n) is 11.7. The van der Waals surface area contributed by atoms with Crippen LogP contribution in [0.2, 0.25) is 5.02 Å². The number of halogens is 1. The SMILES string of the molecule is CCc1cc(CS(=O)(=O)c2ccccc2Cl)cnc1CCc1cnc(NC2CCC(NC(=O)OC(C)(C)C)CC2)nc1. The first-order valence-corrected chi connectivity index (χ1v) is 16.5. The van der Waals surface area contributed by atoms with Crippen molar-refractivity contribution in [2.24, 2.45) is 0 Å². The lowest BCUT2D eigenvalue weighted by molar-refractivity contribution is 0.0492. The maximum absolute atomic E-state index is 12.9. The molecular formula is C31H40ClN5O4S.